The van der Waals surface area contributed by atoms with Crippen LogP contribution in [0.4, 0.5) is 20.7 Å². The highest BCUT2D eigenvalue weighted by Crippen LogP contribution is 2.38. The van der Waals surface area contributed by atoms with E-state index in [1.807, 2.05) is 53.1 Å². The minimum atomic E-state index is -0.603. The zero-order chi connectivity index (χ0) is 30.3. The van der Waals surface area contributed by atoms with Gasteiger partial charge in [-0.1, -0.05) is 0 Å². The monoisotopic (exact) mass is 583 g/mol. The van der Waals surface area contributed by atoms with Crippen LogP contribution in [0.1, 0.15) is 40.5 Å². The highest BCUT2D eigenvalue weighted by atomic mass is 19.1. The Balaban J connectivity index is 1.41. The van der Waals surface area contributed by atoms with Crippen LogP contribution in [0.5, 0.6) is 5.75 Å². The lowest BCUT2D eigenvalue weighted by Crippen LogP contribution is -2.46. The van der Waals surface area contributed by atoms with E-state index in [1.165, 1.54) is 6.33 Å². The van der Waals surface area contributed by atoms with E-state index in [-0.39, 0.29) is 23.9 Å². The van der Waals surface area contributed by atoms with Gasteiger partial charge in [-0.2, -0.15) is 5.10 Å². The standard InChI is InChI=1S/C32H34FN7O3/c1-19(26-9-7-13-40(26)31(41)43-32(2,3)4)42-27-15-20(21-16-37-39(5)17-21)14-25-28(27)30(36-18-35-25)38-24-11-10-23-22(29(24)33)8-6-12-34-23/h6,8,10-12,14-19,26H,7,9,13H2,1-5H3,(H,35,36,38)/t19-,26-/m1/s1. The number of nitrogens with zero attached hydrogens (tertiary/aromatic N) is 6. The van der Waals surface area contributed by atoms with E-state index in [1.54, 1.807) is 46.2 Å². The zero-order valence-electron chi connectivity index (χ0n) is 24.8. The molecule has 2 aromatic carbocycles. The Morgan fingerprint density at radius 2 is 1.95 bits per heavy atom. The van der Waals surface area contributed by atoms with Crippen LogP contribution < -0.4 is 10.1 Å². The summed E-state index contributed by atoms with van der Waals surface area (Å²) in [7, 11) is 1.85. The summed E-state index contributed by atoms with van der Waals surface area (Å²) in [6.07, 6.45) is 7.63. The first-order valence-electron chi connectivity index (χ1n) is 14.3. The van der Waals surface area contributed by atoms with Crippen molar-refractivity contribution in [2.75, 3.05) is 11.9 Å². The fraction of sp³-hybridized carbons (Fsp3) is 0.344. The molecule has 222 valence electrons. The van der Waals surface area contributed by atoms with Gasteiger partial charge in [0, 0.05) is 36.9 Å². The third kappa shape index (κ3) is 5.79. The molecule has 6 rings (SSSR count). The van der Waals surface area contributed by atoms with Gasteiger partial charge in [-0.25, -0.2) is 19.2 Å². The molecule has 0 radical (unpaired) electrons. The number of nitrogens with one attached hydrogen (secondary N) is 1. The number of pyridine rings is 1. The lowest BCUT2D eigenvalue weighted by molar-refractivity contribution is 0.0113. The normalized spacial score (nSPS) is 16.0. The molecule has 0 unspecified atom stereocenters. The number of carbonyl (C=O) groups is 1. The molecule has 4 heterocycles. The summed E-state index contributed by atoms with van der Waals surface area (Å²) >= 11 is 0. The van der Waals surface area contributed by atoms with Crippen LogP contribution in [-0.4, -0.2) is 60.0 Å². The van der Waals surface area contributed by atoms with Crippen molar-refractivity contribution in [1.29, 1.82) is 0 Å². The third-order valence-corrected chi connectivity index (χ3v) is 7.49. The molecule has 1 amide bonds. The van der Waals surface area contributed by atoms with Crippen molar-refractivity contribution in [2.45, 2.75) is 58.3 Å². The van der Waals surface area contributed by atoms with Gasteiger partial charge in [0.15, 0.2) is 5.82 Å². The number of aryl methyl sites for hydroxylation is 1. The van der Waals surface area contributed by atoms with Crippen molar-refractivity contribution in [2.24, 2.45) is 7.05 Å². The summed E-state index contributed by atoms with van der Waals surface area (Å²) in [4.78, 5) is 28.1. The molecule has 1 N–H and O–H groups in total. The van der Waals surface area contributed by atoms with Crippen LogP contribution in [0.25, 0.3) is 32.9 Å². The Labute approximate surface area is 248 Å². The Bertz CT molecular complexity index is 1820. The van der Waals surface area contributed by atoms with E-state index in [0.717, 1.165) is 24.0 Å². The Hall–Kier alpha value is -4.80. The maximum atomic E-state index is 15.6. The van der Waals surface area contributed by atoms with E-state index in [0.29, 0.717) is 39.9 Å². The second kappa shape index (κ2) is 11.1. The first-order chi connectivity index (χ1) is 20.6. The van der Waals surface area contributed by atoms with Gasteiger partial charge < -0.3 is 19.7 Å². The Morgan fingerprint density at radius 1 is 1.12 bits per heavy atom. The first kappa shape index (κ1) is 28.3. The molecule has 1 fully saturated rings. The number of rotatable bonds is 6. The van der Waals surface area contributed by atoms with Crippen LogP contribution >= 0.6 is 0 Å². The van der Waals surface area contributed by atoms with E-state index in [9.17, 15) is 4.79 Å². The van der Waals surface area contributed by atoms with Crippen molar-refractivity contribution >= 4 is 39.4 Å². The highest BCUT2D eigenvalue weighted by molar-refractivity contribution is 5.99. The molecular weight excluding hydrogens is 549 g/mol. The van der Waals surface area contributed by atoms with Gasteiger partial charge in [0.05, 0.1) is 34.3 Å². The number of amides is 1. The second-order valence-corrected chi connectivity index (χ2v) is 11.8. The molecular formula is C32H34FN7O3. The minimum Gasteiger partial charge on any atom is -0.488 e. The SMILES string of the molecule is C[C@@H](Oc1cc(-c2cnn(C)c2)cc2ncnc(Nc3ccc4ncccc4c3F)c12)[C@H]1CCCN1C(=O)OC(C)(C)C. The molecule has 1 aliphatic rings. The molecule has 2 atom stereocenters. The van der Waals surface area contributed by atoms with Gasteiger partial charge in [0.1, 0.15) is 29.6 Å². The van der Waals surface area contributed by atoms with E-state index in [4.69, 9.17) is 9.47 Å². The summed E-state index contributed by atoms with van der Waals surface area (Å²) in [5.74, 6) is 0.465. The molecule has 0 spiro atoms. The van der Waals surface area contributed by atoms with Gasteiger partial charge in [-0.05, 0) is 82.5 Å². The summed E-state index contributed by atoms with van der Waals surface area (Å²) in [6.45, 7) is 8.11. The number of aromatic nitrogens is 5. The zero-order valence-corrected chi connectivity index (χ0v) is 24.8. The summed E-state index contributed by atoms with van der Waals surface area (Å²) in [6, 6.07) is 10.4. The number of halogens is 1. The topological polar surface area (TPSA) is 107 Å². The second-order valence-electron chi connectivity index (χ2n) is 11.8. The smallest absolute Gasteiger partial charge is 0.410 e. The predicted molar refractivity (Wildman–Crippen MR) is 163 cm³/mol. The van der Waals surface area contributed by atoms with Crippen molar-refractivity contribution in [1.82, 2.24) is 29.6 Å². The number of likely N-dealkylation sites (tertiary alicyclic amines) is 1. The van der Waals surface area contributed by atoms with Crippen LogP contribution in [0.3, 0.4) is 0 Å². The molecule has 0 saturated carbocycles. The van der Waals surface area contributed by atoms with Gasteiger partial charge >= 0.3 is 6.09 Å². The number of anilines is 2. The number of carbonyl (C=O) groups excluding carboxylic acids is 1. The quantitative estimate of drug-likeness (QED) is 0.237. The number of hydrogen-bond acceptors (Lipinski definition) is 8. The molecule has 0 aliphatic carbocycles. The van der Waals surface area contributed by atoms with Gasteiger partial charge in [-0.15, -0.1) is 0 Å². The van der Waals surface area contributed by atoms with Gasteiger partial charge in [-0.3, -0.25) is 9.67 Å². The number of hydrogen-bond donors (Lipinski definition) is 1. The largest absolute Gasteiger partial charge is 0.488 e. The van der Waals surface area contributed by atoms with Gasteiger partial charge in [0.2, 0.25) is 0 Å². The van der Waals surface area contributed by atoms with Crippen LogP contribution in [0.15, 0.2) is 61.3 Å². The average molecular weight is 584 g/mol. The van der Waals surface area contributed by atoms with E-state index in [2.05, 4.69) is 25.4 Å². The average Bonchev–Trinajstić information content (AvgIpc) is 3.63. The Kier molecular flexibility index (Phi) is 7.33. The molecule has 1 saturated heterocycles. The summed E-state index contributed by atoms with van der Waals surface area (Å²) in [5.41, 5.74) is 2.56. The third-order valence-electron chi connectivity index (χ3n) is 7.49. The molecule has 1 aliphatic heterocycles. The predicted octanol–water partition coefficient (Wildman–Crippen LogP) is 6.63. The minimum absolute atomic E-state index is 0.196. The molecule has 5 aromatic rings. The molecule has 43 heavy (non-hydrogen) atoms. The van der Waals surface area contributed by atoms with Crippen LogP contribution in [0, 0.1) is 5.82 Å². The molecule has 3 aromatic heterocycles. The fourth-order valence-corrected chi connectivity index (χ4v) is 5.53. The highest BCUT2D eigenvalue weighted by Gasteiger charge is 2.36. The fourth-order valence-electron chi connectivity index (χ4n) is 5.53. The first-order valence-corrected chi connectivity index (χ1v) is 14.3. The van der Waals surface area contributed by atoms with Crippen molar-refractivity contribution in [3.05, 3.63) is 67.1 Å². The summed E-state index contributed by atoms with van der Waals surface area (Å²) < 4.78 is 29.6. The van der Waals surface area contributed by atoms with E-state index < -0.39 is 11.4 Å². The summed E-state index contributed by atoms with van der Waals surface area (Å²) in [5, 5.41) is 8.48. The molecule has 0 bridgehead atoms. The van der Waals surface area contributed by atoms with Crippen molar-refractivity contribution < 1.29 is 18.7 Å². The number of fused-ring (bicyclic) bond motifs is 2. The lowest BCUT2D eigenvalue weighted by atomic mass is 10.0. The number of benzene rings is 2. The van der Waals surface area contributed by atoms with Crippen LogP contribution in [0.2, 0.25) is 0 Å². The maximum absolute atomic E-state index is 15.6. The van der Waals surface area contributed by atoms with Gasteiger partial charge in [0.25, 0.3) is 0 Å². The molecule has 10 nitrogen and oxygen atoms in total. The van der Waals surface area contributed by atoms with Crippen molar-refractivity contribution in [3.8, 4) is 16.9 Å². The molecule has 11 heteroatoms. The Morgan fingerprint density at radius 3 is 2.72 bits per heavy atom. The maximum Gasteiger partial charge on any atom is 0.410 e. The lowest BCUT2D eigenvalue weighted by Gasteiger charge is -2.32. The van der Waals surface area contributed by atoms with Crippen LogP contribution in [-0.2, 0) is 11.8 Å². The van der Waals surface area contributed by atoms with E-state index >= 15 is 4.39 Å². The van der Waals surface area contributed by atoms with Crippen molar-refractivity contribution in [3.63, 3.8) is 0 Å². The number of ether oxygens (including phenoxy) is 2.